The molecule has 1 aromatic carbocycles. The molecular formula is C11H15ClN4O. The highest BCUT2D eigenvalue weighted by Gasteiger charge is 2.20. The van der Waals surface area contributed by atoms with E-state index in [0.29, 0.717) is 29.4 Å². The van der Waals surface area contributed by atoms with Gasteiger partial charge < -0.3 is 15.6 Å². The van der Waals surface area contributed by atoms with Gasteiger partial charge in [0.15, 0.2) is 0 Å². The first kappa shape index (κ1) is 12.2. The van der Waals surface area contributed by atoms with E-state index in [4.69, 9.17) is 17.4 Å². The number of hydrogen-bond donors (Lipinski definition) is 3. The molecule has 1 heterocycles. The standard InChI is InChI=1S/C11H15ClN4O/c12-10-2-1-8(15-13)7-9(10)11(17)16-5-3-14-4-6-16/h1-2,7,14-15H,3-6,13H2. The summed E-state index contributed by atoms with van der Waals surface area (Å²) < 4.78 is 0. The molecule has 0 spiro atoms. The van der Waals surface area contributed by atoms with Crippen molar-refractivity contribution in [2.75, 3.05) is 31.6 Å². The summed E-state index contributed by atoms with van der Waals surface area (Å²) in [5.74, 6) is 5.27. The summed E-state index contributed by atoms with van der Waals surface area (Å²) in [6.45, 7) is 3.04. The number of anilines is 1. The van der Waals surface area contributed by atoms with Crippen molar-refractivity contribution in [3.8, 4) is 0 Å². The summed E-state index contributed by atoms with van der Waals surface area (Å²) in [6.07, 6.45) is 0. The minimum Gasteiger partial charge on any atom is -0.336 e. The second-order valence-electron chi connectivity index (χ2n) is 3.88. The predicted molar refractivity (Wildman–Crippen MR) is 68.0 cm³/mol. The number of carbonyl (C=O) groups excluding carboxylic acids is 1. The van der Waals surface area contributed by atoms with Gasteiger partial charge in [0.2, 0.25) is 0 Å². The number of halogens is 1. The Morgan fingerprint density at radius 2 is 2.12 bits per heavy atom. The topological polar surface area (TPSA) is 70.4 Å². The van der Waals surface area contributed by atoms with Crippen molar-refractivity contribution in [3.63, 3.8) is 0 Å². The first-order chi connectivity index (χ1) is 8.22. The Bertz CT molecular complexity index is 418. The molecule has 0 radical (unpaired) electrons. The van der Waals surface area contributed by atoms with Crippen molar-refractivity contribution in [2.45, 2.75) is 0 Å². The van der Waals surface area contributed by atoms with Crippen LogP contribution in [0.2, 0.25) is 5.02 Å². The van der Waals surface area contributed by atoms with Gasteiger partial charge in [0.25, 0.3) is 5.91 Å². The van der Waals surface area contributed by atoms with E-state index in [9.17, 15) is 4.79 Å². The maximum atomic E-state index is 12.2. The van der Waals surface area contributed by atoms with Crippen LogP contribution in [0.4, 0.5) is 5.69 Å². The molecular weight excluding hydrogens is 240 g/mol. The largest absolute Gasteiger partial charge is 0.336 e. The SMILES string of the molecule is NNc1ccc(Cl)c(C(=O)N2CCNCC2)c1. The summed E-state index contributed by atoms with van der Waals surface area (Å²) in [7, 11) is 0. The van der Waals surface area contributed by atoms with Crippen molar-refractivity contribution in [3.05, 3.63) is 28.8 Å². The maximum Gasteiger partial charge on any atom is 0.255 e. The van der Waals surface area contributed by atoms with Gasteiger partial charge >= 0.3 is 0 Å². The van der Waals surface area contributed by atoms with Gasteiger partial charge in [-0.05, 0) is 18.2 Å². The molecule has 1 aliphatic rings. The van der Waals surface area contributed by atoms with Crippen LogP contribution < -0.4 is 16.6 Å². The Hall–Kier alpha value is -1.30. The molecule has 1 fully saturated rings. The number of benzene rings is 1. The number of carbonyl (C=O) groups is 1. The summed E-state index contributed by atoms with van der Waals surface area (Å²) in [5.41, 5.74) is 3.67. The number of hydrazine groups is 1. The van der Waals surface area contributed by atoms with Crippen LogP contribution in [0.25, 0.3) is 0 Å². The van der Waals surface area contributed by atoms with E-state index in [1.165, 1.54) is 0 Å². The molecule has 0 bridgehead atoms. The minimum atomic E-state index is -0.0476. The normalized spacial score (nSPS) is 15.8. The molecule has 1 aliphatic heterocycles. The number of hydrogen-bond acceptors (Lipinski definition) is 4. The molecule has 6 heteroatoms. The number of nitrogens with two attached hydrogens (primary N) is 1. The molecule has 0 saturated carbocycles. The van der Waals surface area contributed by atoms with Crippen molar-refractivity contribution in [1.29, 1.82) is 0 Å². The first-order valence-corrected chi connectivity index (χ1v) is 5.86. The monoisotopic (exact) mass is 254 g/mol. The fourth-order valence-corrected chi connectivity index (χ4v) is 2.02. The van der Waals surface area contributed by atoms with Crippen LogP contribution in [-0.4, -0.2) is 37.0 Å². The van der Waals surface area contributed by atoms with Crippen LogP contribution in [0.5, 0.6) is 0 Å². The molecule has 1 aromatic rings. The van der Waals surface area contributed by atoms with E-state index >= 15 is 0 Å². The van der Waals surface area contributed by atoms with Gasteiger partial charge in [-0.25, -0.2) is 0 Å². The lowest BCUT2D eigenvalue weighted by atomic mass is 10.1. The van der Waals surface area contributed by atoms with Crippen LogP contribution >= 0.6 is 11.6 Å². The van der Waals surface area contributed by atoms with Crippen LogP contribution in [0.1, 0.15) is 10.4 Å². The van der Waals surface area contributed by atoms with Gasteiger partial charge in [-0.1, -0.05) is 11.6 Å². The number of nitrogens with zero attached hydrogens (tertiary/aromatic N) is 1. The molecule has 0 atom stereocenters. The van der Waals surface area contributed by atoms with Crippen LogP contribution in [0.3, 0.4) is 0 Å². The third kappa shape index (κ3) is 2.69. The Balaban J connectivity index is 2.22. The second kappa shape index (κ2) is 5.35. The van der Waals surface area contributed by atoms with Crippen molar-refractivity contribution >= 4 is 23.2 Å². The highest BCUT2D eigenvalue weighted by molar-refractivity contribution is 6.34. The molecule has 92 valence electrons. The quantitative estimate of drug-likeness (QED) is 0.536. The van der Waals surface area contributed by atoms with E-state index < -0.39 is 0 Å². The number of piperazine rings is 1. The van der Waals surface area contributed by atoms with E-state index in [1.54, 1.807) is 23.1 Å². The summed E-state index contributed by atoms with van der Waals surface area (Å²) in [5, 5.41) is 3.65. The Morgan fingerprint density at radius 3 is 2.76 bits per heavy atom. The van der Waals surface area contributed by atoms with E-state index in [2.05, 4.69) is 10.7 Å². The summed E-state index contributed by atoms with van der Waals surface area (Å²) in [4.78, 5) is 14.0. The third-order valence-electron chi connectivity index (χ3n) is 2.77. The molecule has 0 aromatic heterocycles. The Labute approximate surface area is 105 Å². The van der Waals surface area contributed by atoms with E-state index in [0.717, 1.165) is 13.1 Å². The molecule has 4 N–H and O–H groups in total. The third-order valence-corrected chi connectivity index (χ3v) is 3.10. The molecule has 5 nitrogen and oxygen atoms in total. The van der Waals surface area contributed by atoms with Crippen LogP contribution in [0, 0.1) is 0 Å². The zero-order valence-electron chi connectivity index (χ0n) is 9.37. The van der Waals surface area contributed by atoms with Gasteiger partial charge in [-0.15, -0.1) is 0 Å². The summed E-state index contributed by atoms with van der Waals surface area (Å²) >= 11 is 6.04. The number of nitrogens with one attached hydrogen (secondary N) is 2. The van der Waals surface area contributed by atoms with Crippen LogP contribution in [-0.2, 0) is 0 Å². The Kier molecular flexibility index (Phi) is 3.83. The fourth-order valence-electron chi connectivity index (χ4n) is 1.82. The van der Waals surface area contributed by atoms with Crippen molar-refractivity contribution in [1.82, 2.24) is 10.2 Å². The molecule has 1 amide bonds. The molecule has 0 aliphatic carbocycles. The maximum absolute atomic E-state index is 12.2. The highest BCUT2D eigenvalue weighted by atomic mass is 35.5. The lowest BCUT2D eigenvalue weighted by molar-refractivity contribution is 0.0736. The zero-order valence-corrected chi connectivity index (χ0v) is 10.1. The second-order valence-corrected chi connectivity index (χ2v) is 4.29. The molecule has 1 saturated heterocycles. The number of rotatable bonds is 2. The van der Waals surface area contributed by atoms with Crippen molar-refractivity contribution in [2.24, 2.45) is 5.84 Å². The van der Waals surface area contributed by atoms with Gasteiger partial charge in [-0.3, -0.25) is 10.6 Å². The van der Waals surface area contributed by atoms with Gasteiger partial charge in [0, 0.05) is 31.9 Å². The lowest BCUT2D eigenvalue weighted by Gasteiger charge is -2.27. The van der Waals surface area contributed by atoms with Gasteiger partial charge in [0.05, 0.1) is 10.6 Å². The van der Waals surface area contributed by atoms with E-state index in [1.807, 2.05) is 0 Å². The molecule has 2 rings (SSSR count). The zero-order chi connectivity index (χ0) is 12.3. The first-order valence-electron chi connectivity index (χ1n) is 5.48. The van der Waals surface area contributed by atoms with Crippen LogP contribution in [0.15, 0.2) is 18.2 Å². The predicted octanol–water partition coefficient (Wildman–Crippen LogP) is 0.671. The smallest absolute Gasteiger partial charge is 0.255 e. The van der Waals surface area contributed by atoms with E-state index in [-0.39, 0.29) is 5.91 Å². The van der Waals surface area contributed by atoms with Gasteiger partial charge in [-0.2, -0.15) is 0 Å². The molecule has 0 unspecified atom stereocenters. The van der Waals surface area contributed by atoms with Crippen molar-refractivity contribution < 1.29 is 4.79 Å². The minimum absolute atomic E-state index is 0.0476. The number of nitrogen functional groups attached to an aromatic ring is 1. The number of amides is 1. The molecule has 17 heavy (non-hydrogen) atoms. The average molecular weight is 255 g/mol. The fraction of sp³-hybridized carbons (Fsp3) is 0.364. The highest BCUT2D eigenvalue weighted by Crippen LogP contribution is 2.21. The average Bonchev–Trinajstić information content (AvgIpc) is 2.39. The lowest BCUT2D eigenvalue weighted by Crippen LogP contribution is -2.46. The van der Waals surface area contributed by atoms with Gasteiger partial charge in [0.1, 0.15) is 0 Å². The Morgan fingerprint density at radius 1 is 1.41 bits per heavy atom. The summed E-state index contributed by atoms with van der Waals surface area (Å²) in [6, 6.07) is 5.08.